The number of rotatable bonds is 5. The van der Waals surface area contributed by atoms with Crippen molar-refractivity contribution in [3.05, 3.63) is 60.7 Å². The Labute approximate surface area is 168 Å². The molecule has 4 nitrogen and oxygen atoms in total. The molecule has 0 heterocycles. The third-order valence-corrected chi connectivity index (χ3v) is 10.7. The third kappa shape index (κ3) is 3.98. The molecule has 1 aliphatic carbocycles. The monoisotopic (exact) mass is 398 g/mol. The molecule has 0 radical (unpaired) electrons. The molecule has 0 saturated heterocycles. The summed E-state index contributed by atoms with van der Waals surface area (Å²) in [5, 5.41) is 22.0. The van der Waals surface area contributed by atoms with Crippen molar-refractivity contribution < 1.29 is 19.4 Å². The molecule has 2 aromatic rings. The number of benzene rings is 2. The maximum atomic E-state index is 12.0. The molecule has 2 aromatic carbocycles. The first-order chi connectivity index (χ1) is 13.3. The van der Waals surface area contributed by atoms with E-state index in [1.807, 2.05) is 36.4 Å². The summed E-state index contributed by atoms with van der Waals surface area (Å²) in [7, 11) is -2.65. The molecule has 150 valence electrons. The number of aliphatic hydroxyl groups is 2. The van der Waals surface area contributed by atoms with Crippen LogP contribution in [0, 0.1) is 5.92 Å². The van der Waals surface area contributed by atoms with Gasteiger partial charge in [0.2, 0.25) is 0 Å². The van der Waals surface area contributed by atoms with E-state index in [9.17, 15) is 15.0 Å². The zero-order valence-corrected chi connectivity index (χ0v) is 17.8. The van der Waals surface area contributed by atoms with Gasteiger partial charge in [-0.1, -0.05) is 81.4 Å². The Kier molecular flexibility index (Phi) is 6.20. The number of Topliss-reactive ketones (excluding diaryl/α,β-unsaturated/α-hetero) is 1. The van der Waals surface area contributed by atoms with Gasteiger partial charge < -0.3 is 14.6 Å². The zero-order valence-electron chi connectivity index (χ0n) is 16.8. The van der Waals surface area contributed by atoms with Crippen molar-refractivity contribution in [2.24, 2.45) is 5.92 Å². The summed E-state index contributed by atoms with van der Waals surface area (Å²) < 4.78 is 6.83. The average molecular weight is 399 g/mol. The van der Waals surface area contributed by atoms with Crippen LogP contribution in [0.5, 0.6) is 0 Å². The number of carbonyl (C=O) groups is 1. The summed E-state index contributed by atoms with van der Waals surface area (Å²) in [5.41, 5.74) is 0. The fourth-order valence-electron chi connectivity index (χ4n) is 4.31. The molecule has 0 unspecified atom stereocenters. The number of carbonyl (C=O) groups excluding carboxylic acids is 1. The molecule has 5 heteroatoms. The molecular weight excluding hydrogens is 368 g/mol. The minimum absolute atomic E-state index is 0.0902. The van der Waals surface area contributed by atoms with E-state index in [1.54, 1.807) is 0 Å². The van der Waals surface area contributed by atoms with E-state index in [4.69, 9.17) is 4.43 Å². The Morgan fingerprint density at radius 1 is 0.964 bits per heavy atom. The van der Waals surface area contributed by atoms with Crippen molar-refractivity contribution in [3.63, 3.8) is 0 Å². The van der Waals surface area contributed by atoms with Crippen molar-refractivity contribution in [1.82, 2.24) is 0 Å². The molecular formula is C23H30O4Si. The molecule has 28 heavy (non-hydrogen) atoms. The summed E-state index contributed by atoms with van der Waals surface area (Å²) >= 11 is 0. The molecule has 2 N–H and O–H groups in total. The highest BCUT2D eigenvalue weighted by Crippen LogP contribution is 2.37. The maximum Gasteiger partial charge on any atom is 0.261 e. The number of aliphatic hydroxyl groups excluding tert-OH is 2. The summed E-state index contributed by atoms with van der Waals surface area (Å²) in [4.78, 5) is 12.0. The van der Waals surface area contributed by atoms with Gasteiger partial charge in [-0.2, -0.15) is 0 Å². The van der Waals surface area contributed by atoms with Crippen molar-refractivity contribution >= 4 is 24.5 Å². The Hall–Kier alpha value is -1.79. The van der Waals surface area contributed by atoms with Crippen LogP contribution in [0.4, 0.5) is 0 Å². The minimum atomic E-state index is -2.65. The molecule has 3 atom stereocenters. The second kappa shape index (κ2) is 8.29. The lowest BCUT2D eigenvalue weighted by atomic mass is 9.85. The van der Waals surface area contributed by atoms with Crippen molar-refractivity contribution in [2.45, 2.75) is 50.9 Å². The van der Waals surface area contributed by atoms with Crippen molar-refractivity contribution in [2.75, 3.05) is 6.61 Å². The first-order valence-corrected chi connectivity index (χ1v) is 11.8. The SMILES string of the molecule is CC(C)(C)[Si](OC[C@H]1CC(=O)[C@H](O)[C@H](O)C1)(c1ccccc1)c1ccccc1. The van der Waals surface area contributed by atoms with Gasteiger partial charge in [0.05, 0.1) is 6.10 Å². The third-order valence-electron chi connectivity index (χ3n) is 5.71. The van der Waals surface area contributed by atoms with E-state index in [-0.39, 0.29) is 23.2 Å². The van der Waals surface area contributed by atoms with Crippen molar-refractivity contribution in [3.8, 4) is 0 Å². The van der Waals surface area contributed by atoms with Gasteiger partial charge in [-0.3, -0.25) is 4.79 Å². The lowest BCUT2D eigenvalue weighted by Gasteiger charge is -2.44. The van der Waals surface area contributed by atoms with Crippen LogP contribution in [0.15, 0.2) is 60.7 Å². The van der Waals surface area contributed by atoms with E-state index in [2.05, 4.69) is 45.0 Å². The first kappa shape index (κ1) is 20.9. The number of hydrogen-bond acceptors (Lipinski definition) is 4. The molecule has 0 amide bonds. The summed E-state index contributed by atoms with van der Waals surface area (Å²) in [6.45, 7) is 7.03. The topological polar surface area (TPSA) is 66.8 Å². The van der Waals surface area contributed by atoms with E-state index in [0.29, 0.717) is 13.0 Å². The largest absolute Gasteiger partial charge is 0.407 e. The van der Waals surface area contributed by atoms with Crippen LogP contribution in [0.2, 0.25) is 5.04 Å². The first-order valence-electron chi connectivity index (χ1n) is 9.89. The predicted octanol–water partition coefficient (Wildman–Crippen LogP) is 2.26. The van der Waals surface area contributed by atoms with Gasteiger partial charge in [0.25, 0.3) is 8.32 Å². The Morgan fingerprint density at radius 2 is 1.46 bits per heavy atom. The molecule has 1 fully saturated rings. The zero-order chi connectivity index (χ0) is 20.4. The van der Waals surface area contributed by atoms with Gasteiger partial charge in [0.15, 0.2) is 5.78 Å². The van der Waals surface area contributed by atoms with Crippen molar-refractivity contribution in [1.29, 1.82) is 0 Å². The molecule has 1 saturated carbocycles. The predicted molar refractivity (Wildman–Crippen MR) is 113 cm³/mol. The Balaban J connectivity index is 1.98. The summed E-state index contributed by atoms with van der Waals surface area (Å²) in [6.07, 6.45) is -1.64. The second-order valence-electron chi connectivity index (χ2n) is 8.76. The van der Waals surface area contributed by atoms with Crippen LogP contribution in [-0.2, 0) is 9.22 Å². The maximum absolute atomic E-state index is 12.0. The van der Waals surface area contributed by atoms with Crippen LogP contribution in [0.3, 0.4) is 0 Å². The Morgan fingerprint density at radius 3 is 1.89 bits per heavy atom. The normalized spacial score (nSPS) is 23.6. The quantitative estimate of drug-likeness (QED) is 0.759. The standard InChI is InChI=1S/C23H30O4Si/c1-23(2,3)28(18-10-6-4-7-11-18,19-12-8-5-9-13-19)27-16-17-14-20(24)22(26)21(25)15-17/h4-13,17,20,22,24,26H,14-16H2,1-3H3/t17-,20-,22-/m1/s1. The van der Waals surface area contributed by atoms with Gasteiger partial charge in [-0.25, -0.2) is 0 Å². The highest BCUT2D eigenvalue weighted by Gasteiger charge is 2.50. The van der Waals surface area contributed by atoms with Crippen LogP contribution in [0.25, 0.3) is 0 Å². The van der Waals surface area contributed by atoms with Gasteiger partial charge in [-0.15, -0.1) is 0 Å². The molecule has 0 bridgehead atoms. The number of hydrogen-bond donors (Lipinski definition) is 2. The average Bonchev–Trinajstić information content (AvgIpc) is 2.67. The van der Waals surface area contributed by atoms with Gasteiger partial charge in [0.1, 0.15) is 6.10 Å². The van der Waals surface area contributed by atoms with Crippen LogP contribution in [-0.4, -0.2) is 43.1 Å². The van der Waals surface area contributed by atoms with E-state index in [0.717, 1.165) is 0 Å². The smallest absolute Gasteiger partial charge is 0.261 e. The molecule has 0 aromatic heterocycles. The van der Waals surface area contributed by atoms with Crippen LogP contribution in [0.1, 0.15) is 33.6 Å². The van der Waals surface area contributed by atoms with E-state index < -0.39 is 20.5 Å². The summed E-state index contributed by atoms with van der Waals surface area (Å²) in [6, 6.07) is 20.7. The lowest BCUT2D eigenvalue weighted by Crippen LogP contribution is -2.67. The van der Waals surface area contributed by atoms with Gasteiger partial charge in [0, 0.05) is 13.0 Å². The minimum Gasteiger partial charge on any atom is -0.407 e. The molecule has 3 rings (SSSR count). The summed E-state index contributed by atoms with van der Waals surface area (Å²) in [5.74, 6) is -0.387. The molecule has 0 spiro atoms. The highest BCUT2D eigenvalue weighted by atomic mass is 28.4. The fourth-order valence-corrected chi connectivity index (χ4v) is 8.95. The van der Waals surface area contributed by atoms with Gasteiger partial charge >= 0.3 is 0 Å². The van der Waals surface area contributed by atoms with Crippen LogP contribution >= 0.6 is 0 Å². The highest BCUT2D eigenvalue weighted by molar-refractivity contribution is 6.99. The lowest BCUT2D eigenvalue weighted by molar-refractivity contribution is -0.140. The van der Waals surface area contributed by atoms with Gasteiger partial charge in [-0.05, 0) is 27.8 Å². The van der Waals surface area contributed by atoms with E-state index in [1.165, 1.54) is 10.4 Å². The molecule has 1 aliphatic rings. The Bertz CT molecular complexity index is 746. The van der Waals surface area contributed by atoms with E-state index >= 15 is 0 Å². The fraction of sp³-hybridized carbons (Fsp3) is 0.435. The molecule has 0 aliphatic heterocycles. The number of ketones is 1. The second-order valence-corrected chi connectivity index (χ2v) is 13.1. The van der Waals surface area contributed by atoms with Crippen LogP contribution < -0.4 is 10.4 Å².